The molecule has 2 N–H and O–H groups in total. The zero-order chi connectivity index (χ0) is 16.5. The fourth-order valence-corrected chi connectivity index (χ4v) is 3.30. The van der Waals surface area contributed by atoms with Crippen LogP contribution in [-0.4, -0.2) is 19.5 Å². The Labute approximate surface area is 138 Å². The average Bonchev–Trinajstić information content (AvgIpc) is 2.43. The second-order valence-corrected chi connectivity index (χ2v) is 7.10. The lowest BCUT2D eigenvalue weighted by Crippen LogP contribution is -2.15. The molecule has 0 heterocycles. The van der Waals surface area contributed by atoms with Gasteiger partial charge < -0.3 is 5.11 Å². The molecule has 2 aromatic rings. The maximum atomic E-state index is 13.8. The molecule has 22 heavy (non-hydrogen) atoms. The van der Waals surface area contributed by atoms with Crippen LogP contribution in [-0.2, 0) is 10.0 Å². The summed E-state index contributed by atoms with van der Waals surface area (Å²) in [5.74, 6) is -2.21. The van der Waals surface area contributed by atoms with Gasteiger partial charge in [-0.15, -0.1) is 0 Å². The van der Waals surface area contributed by atoms with E-state index >= 15 is 0 Å². The van der Waals surface area contributed by atoms with Crippen molar-refractivity contribution in [2.75, 3.05) is 4.72 Å². The summed E-state index contributed by atoms with van der Waals surface area (Å²) in [6.45, 7) is 0. The first kappa shape index (κ1) is 16.7. The van der Waals surface area contributed by atoms with E-state index in [2.05, 4.69) is 15.9 Å². The Morgan fingerprint density at radius 2 is 1.95 bits per heavy atom. The Balaban J connectivity index is 2.45. The Kier molecular flexibility index (Phi) is 4.74. The first-order valence-electron chi connectivity index (χ1n) is 5.72. The number of sulfonamides is 1. The second kappa shape index (κ2) is 6.23. The standard InChI is InChI=1S/C13H8BrClFNO4S/c14-9-5-4-7(6-8(9)13(18)19)22(20,21)17-11-3-1-2-10(15)12(11)16/h1-6,17H,(H,18,19). The maximum Gasteiger partial charge on any atom is 0.336 e. The summed E-state index contributed by atoms with van der Waals surface area (Å²) in [5, 5.41) is 8.77. The maximum absolute atomic E-state index is 13.8. The van der Waals surface area contributed by atoms with Gasteiger partial charge in [0.2, 0.25) is 0 Å². The molecule has 0 radical (unpaired) electrons. The summed E-state index contributed by atoms with van der Waals surface area (Å²) in [6, 6.07) is 7.31. The Bertz CT molecular complexity index is 857. The monoisotopic (exact) mass is 407 g/mol. The molecule has 0 bridgehead atoms. The number of carboxylic acid groups (broad SMARTS) is 1. The largest absolute Gasteiger partial charge is 0.478 e. The summed E-state index contributed by atoms with van der Waals surface area (Å²) in [4.78, 5) is 10.7. The van der Waals surface area contributed by atoms with Crippen LogP contribution in [0.5, 0.6) is 0 Å². The van der Waals surface area contributed by atoms with Crippen LogP contribution in [0.3, 0.4) is 0 Å². The van der Waals surface area contributed by atoms with Gasteiger partial charge in [-0.05, 0) is 46.3 Å². The molecule has 2 rings (SSSR count). The minimum absolute atomic E-state index is 0.227. The van der Waals surface area contributed by atoms with Crippen molar-refractivity contribution < 1.29 is 22.7 Å². The number of aromatic carboxylic acids is 1. The first-order valence-corrected chi connectivity index (χ1v) is 8.37. The van der Waals surface area contributed by atoms with Crippen molar-refractivity contribution in [1.29, 1.82) is 0 Å². The van der Waals surface area contributed by atoms with Gasteiger partial charge in [-0.2, -0.15) is 0 Å². The predicted octanol–water partition coefficient (Wildman–Crippen LogP) is 3.74. The van der Waals surface area contributed by atoms with E-state index in [-0.39, 0.29) is 25.6 Å². The Morgan fingerprint density at radius 3 is 2.59 bits per heavy atom. The van der Waals surface area contributed by atoms with Gasteiger partial charge in [0.1, 0.15) is 0 Å². The van der Waals surface area contributed by atoms with Crippen molar-refractivity contribution in [2.45, 2.75) is 4.90 Å². The highest BCUT2D eigenvalue weighted by Gasteiger charge is 2.20. The number of benzene rings is 2. The average molecular weight is 409 g/mol. The summed E-state index contributed by atoms with van der Waals surface area (Å²) < 4.78 is 40.5. The lowest BCUT2D eigenvalue weighted by atomic mass is 10.2. The van der Waals surface area contributed by atoms with Gasteiger partial charge >= 0.3 is 5.97 Å². The van der Waals surface area contributed by atoms with Crippen LogP contribution in [0, 0.1) is 5.82 Å². The van der Waals surface area contributed by atoms with E-state index in [0.717, 1.165) is 6.07 Å². The van der Waals surface area contributed by atoms with E-state index in [1.807, 2.05) is 4.72 Å². The SMILES string of the molecule is O=C(O)c1cc(S(=O)(=O)Nc2cccc(Cl)c2F)ccc1Br. The van der Waals surface area contributed by atoms with Crippen molar-refractivity contribution in [2.24, 2.45) is 0 Å². The van der Waals surface area contributed by atoms with Crippen LogP contribution < -0.4 is 4.72 Å². The molecule has 9 heteroatoms. The van der Waals surface area contributed by atoms with Gasteiger partial charge in [0.05, 0.1) is 21.2 Å². The number of hydrogen-bond donors (Lipinski definition) is 2. The lowest BCUT2D eigenvalue weighted by molar-refractivity contribution is 0.0695. The van der Waals surface area contributed by atoms with E-state index in [0.29, 0.717) is 0 Å². The van der Waals surface area contributed by atoms with E-state index in [4.69, 9.17) is 16.7 Å². The number of anilines is 1. The molecule has 116 valence electrons. The number of rotatable bonds is 4. The topological polar surface area (TPSA) is 83.5 Å². The number of halogens is 3. The fraction of sp³-hybridized carbons (Fsp3) is 0. The van der Waals surface area contributed by atoms with Crippen LogP contribution >= 0.6 is 27.5 Å². The zero-order valence-corrected chi connectivity index (χ0v) is 13.8. The molecular formula is C13H8BrClFNO4S. The molecule has 0 aliphatic heterocycles. The molecule has 0 atom stereocenters. The third kappa shape index (κ3) is 3.40. The van der Waals surface area contributed by atoms with Crippen LogP contribution in [0.25, 0.3) is 0 Å². The smallest absolute Gasteiger partial charge is 0.336 e. The molecule has 0 unspecified atom stereocenters. The molecule has 0 fully saturated rings. The second-order valence-electron chi connectivity index (χ2n) is 4.15. The minimum Gasteiger partial charge on any atom is -0.478 e. The van der Waals surface area contributed by atoms with Crippen molar-refractivity contribution in [3.63, 3.8) is 0 Å². The number of hydrogen-bond acceptors (Lipinski definition) is 3. The molecule has 0 saturated heterocycles. The number of carbonyl (C=O) groups is 1. The van der Waals surface area contributed by atoms with Gasteiger partial charge in [0.25, 0.3) is 10.0 Å². The molecule has 0 aliphatic rings. The number of nitrogens with one attached hydrogen (secondary N) is 1. The van der Waals surface area contributed by atoms with Gasteiger partial charge in [-0.1, -0.05) is 17.7 Å². The predicted molar refractivity (Wildman–Crippen MR) is 83.3 cm³/mol. The molecule has 0 amide bonds. The Hall–Kier alpha value is -1.64. The van der Waals surface area contributed by atoms with Gasteiger partial charge in [-0.25, -0.2) is 17.6 Å². The van der Waals surface area contributed by atoms with E-state index in [1.165, 1.54) is 30.3 Å². The highest BCUT2D eigenvalue weighted by Crippen LogP contribution is 2.26. The molecule has 0 aliphatic carbocycles. The highest BCUT2D eigenvalue weighted by molar-refractivity contribution is 9.10. The highest BCUT2D eigenvalue weighted by atomic mass is 79.9. The van der Waals surface area contributed by atoms with E-state index in [9.17, 15) is 17.6 Å². The van der Waals surface area contributed by atoms with Crippen molar-refractivity contribution in [3.8, 4) is 0 Å². The van der Waals surface area contributed by atoms with Crippen LogP contribution in [0.2, 0.25) is 5.02 Å². The molecule has 5 nitrogen and oxygen atoms in total. The minimum atomic E-state index is -4.16. The summed E-state index contributed by atoms with van der Waals surface area (Å²) >= 11 is 8.59. The van der Waals surface area contributed by atoms with Crippen molar-refractivity contribution in [1.82, 2.24) is 0 Å². The summed E-state index contributed by atoms with van der Waals surface area (Å²) in [7, 11) is -4.16. The normalized spacial score (nSPS) is 11.2. The summed E-state index contributed by atoms with van der Waals surface area (Å²) in [6.07, 6.45) is 0. The third-order valence-electron chi connectivity index (χ3n) is 2.67. The zero-order valence-electron chi connectivity index (χ0n) is 10.7. The van der Waals surface area contributed by atoms with Crippen LogP contribution in [0.15, 0.2) is 45.8 Å². The van der Waals surface area contributed by atoms with Crippen molar-refractivity contribution in [3.05, 3.63) is 57.3 Å². The Morgan fingerprint density at radius 1 is 1.27 bits per heavy atom. The lowest BCUT2D eigenvalue weighted by Gasteiger charge is -2.10. The van der Waals surface area contributed by atoms with E-state index < -0.39 is 21.8 Å². The third-order valence-corrected chi connectivity index (χ3v) is 5.02. The number of carboxylic acids is 1. The molecule has 0 saturated carbocycles. The fourth-order valence-electron chi connectivity index (χ4n) is 1.62. The molecule has 2 aromatic carbocycles. The molecular weight excluding hydrogens is 401 g/mol. The quantitative estimate of drug-likeness (QED) is 0.807. The molecule has 0 spiro atoms. The van der Waals surface area contributed by atoms with Crippen LogP contribution in [0.1, 0.15) is 10.4 Å². The van der Waals surface area contributed by atoms with E-state index in [1.54, 1.807) is 0 Å². The first-order chi connectivity index (χ1) is 10.2. The van der Waals surface area contributed by atoms with Gasteiger partial charge in [0, 0.05) is 4.47 Å². The summed E-state index contributed by atoms with van der Waals surface area (Å²) in [5.41, 5.74) is -0.554. The van der Waals surface area contributed by atoms with Crippen LogP contribution in [0.4, 0.5) is 10.1 Å². The van der Waals surface area contributed by atoms with Gasteiger partial charge in [-0.3, -0.25) is 4.72 Å². The van der Waals surface area contributed by atoms with Gasteiger partial charge in [0.15, 0.2) is 5.82 Å². The molecule has 0 aromatic heterocycles. The van der Waals surface area contributed by atoms with Crippen molar-refractivity contribution >= 4 is 49.2 Å².